The van der Waals surface area contributed by atoms with E-state index in [1.807, 2.05) is 12.1 Å². The largest absolute Gasteiger partial charge is 0.508 e. The first kappa shape index (κ1) is 21.7. The van der Waals surface area contributed by atoms with E-state index in [0.29, 0.717) is 12.3 Å². The van der Waals surface area contributed by atoms with Crippen molar-refractivity contribution in [1.29, 1.82) is 0 Å². The fourth-order valence-corrected chi connectivity index (χ4v) is 4.46. The van der Waals surface area contributed by atoms with Crippen LogP contribution in [0, 0.1) is 5.92 Å². The number of benzene rings is 2. The Balaban J connectivity index is 1.76. The molecule has 2 atom stereocenters. The predicted octanol–water partition coefficient (Wildman–Crippen LogP) is 4.57. The van der Waals surface area contributed by atoms with Crippen molar-refractivity contribution in [2.75, 3.05) is 0 Å². The van der Waals surface area contributed by atoms with Gasteiger partial charge in [-0.25, -0.2) is 0 Å². The summed E-state index contributed by atoms with van der Waals surface area (Å²) < 4.78 is 0. The van der Waals surface area contributed by atoms with Crippen LogP contribution in [0.1, 0.15) is 50.7 Å². The molecule has 2 unspecified atom stereocenters. The number of rotatable bonds is 8. The molecule has 4 nitrogen and oxygen atoms in total. The first-order chi connectivity index (χ1) is 13.8. The van der Waals surface area contributed by atoms with Gasteiger partial charge in [0, 0.05) is 16.5 Å². The molecule has 1 saturated carbocycles. The monoisotopic (exact) mass is 414 g/mol. The van der Waals surface area contributed by atoms with E-state index in [1.165, 1.54) is 5.56 Å². The molecule has 2 aromatic carbocycles. The number of nitrogens with two attached hydrogens (primary N) is 1. The smallest absolute Gasteiger partial charge is 0.237 e. The van der Waals surface area contributed by atoms with Gasteiger partial charge in [-0.05, 0) is 67.0 Å². The molecular formula is C24H31ClN2O2. The molecule has 1 amide bonds. The summed E-state index contributed by atoms with van der Waals surface area (Å²) in [7, 11) is 0. The van der Waals surface area contributed by atoms with Gasteiger partial charge in [-0.15, -0.1) is 0 Å². The molecule has 156 valence electrons. The van der Waals surface area contributed by atoms with Crippen LogP contribution < -0.4 is 11.1 Å². The zero-order chi connectivity index (χ0) is 21.0. The highest BCUT2D eigenvalue weighted by molar-refractivity contribution is 6.30. The molecule has 1 fully saturated rings. The van der Waals surface area contributed by atoms with Gasteiger partial charge in [-0.3, -0.25) is 4.79 Å². The van der Waals surface area contributed by atoms with Crippen molar-refractivity contribution in [2.45, 2.75) is 63.5 Å². The Kier molecular flexibility index (Phi) is 6.86. The molecule has 1 aliphatic carbocycles. The Morgan fingerprint density at radius 1 is 1.14 bits per heavy atom. The molecule has 0 aromatic heterocycles. The van der Waals surface area contributed by atoms with Gasteiger partial charge in [0.05, 0.1) is 6.04 Å². The minimum Gasteiger partial charge on any atom is -0.508 e. The summed E-state index contributed by atoms with van der Waals surface area (Å²) >= 11 is 6.10. The minimum atomic E-state index is -0.628. The Hall–Kier alpha value is -2.04. The topological polar surface area (TPSA) is 75.4 Å². The molecular weight excluding hydrogens is 384 g/mol. The van der Waals surface area contributed by atoms with E-state index in [2.05, 4.69) is 31.3 Å². The Morgan fingerprint density at radius 2 is 1.76 bits per heavy atom. The second-order valence-electron chi connectivity index (χ2n) is 8.68. The van der Waals surface area contributed by atoms with Crippen LogP contribution in [0.15, 0.2) is 48.5 Å². The summed E-state index contributed by atoms with van der Waals surface area (Å²) in [6.45, 7) is 4.37. The lowest BCUT2D eigenvalue weighted by atomic mass is 9.58. The Morgan fingerprint density at radius 3 is 2.28 bits per heavy atom. The van der Waals surface area contributed by atoms with Gasteiger partial charge in [0.25, 0.3) is 0 Å². The van der Waals surface area contributed by atoms with Crippen molar-refractivity contribution in [2.24, 2.45) is 11.7 Å². The fraction of sp³-hybridized carbons (Fsp3) is 0.458. The van der Waals surface area contributed by atoms with Crippen LogP contribution in [-0.2, 0) is 16.6 Å². The first-order valence-electron chi connectivity index (χ1n) is 10.4. The SMILES string of the molecule is CC(C)CC(NC(=O)C(N)Cc1ccc(O)cc1)C1(c2ccc(Cl)cc2)CCC1. The molecule has 4 N–H and O–H groups in total. The van der Waals surface area contributed by atoms with Crippen LogP contribution in [0.25, 0.3) is 0 Å². The molecule has 0 saturated heterocycles. The fourth-order valence-electron chi connectivity index (χ4n) is 4.33. The van der Waals surface area contributed by atoms with E-state index < -0.39 is 6.04 Å². The summed E-state index contributed by atoms with van der Waals surface area (Å²) in [6, 6.07) is 14.3. The maximum Gasteiger partial charge on any atom is 0.237 e. The van der Waals surface area contributed by atoms with Crippen LogP contribution in [0.5, 0.6) is 5.75 Å². The van der Waals surface area contributed by atoms with Gasteiger partial charge in [-0.2, -0.15) is 0 Å². The van der Waals surface area contributed by atoms with E-state index in [1.54, 1.807) is 24.3 Å². The average Bonchev–Trinajstić information content (AvgIpc) is 2.63. The maximum absolute atomic E-state index is 13.0. The molecule has 29 heavy (non-hydrogen) atoms. The molecule has 0 bridgehead atoms. The van der Waals surface area contributed by atoms with Gasteiger partial charge >= 0.3 is 0 Å². The number of hydrogen-bond donors (Lipinski definition) is 3. The van der Waals surface area contributed by atoms with Gasteiger partial charge < -0.3 is 16.2 Å². The molecule has 0 aliphatic heterocycles. The van der Waals surface area contributed by atoms with Crippen LogP contribution >= 0.6 is 11.6 Å². The third-order valence-electron chi connectivity index (χ3n) is 6.08. The second-order valence-corrected chi connectivity index (χ2v) is 9.12. The summed E-state index contributed by atoms with van der Waals surface area (Å²) in [5.41, 5.74) is 8.36. The maximum atomic E-state index is 13.0. The van der Waals surface area contributed by atoms with Crippen LogP contribution in [-0.4, -0.2) is 23.1 Å². The Bertz CT molecular complexity index is 814. The average molecular weight is 415 g/mol. The van der Waals surface area contributed by atoms with Gasteiger partial charge in [-0.1, -0.05) is 56.1 Å². The van der Waals surface area contributed by atoms with Crippen molar-refractivity contribution in [1.82, 2.24) is 5.32 Å². The third-order valence-corrected chi connectivity index (χ3v) is 6.34. The third kappa shape index (κ3) is 5.12. The standard InChI is InChI=1S/C24H31ClN2O2/c1-16(2)14-22(24(12-3-13-24)18-6-8-19(25)9-7-18)27-23(29)21(26)15-17-4-10-20(28)11-5-17/h4-11,16,21-22,28H,3,12-15,26H2,1-2H3,(H,27,29). The van der Waals surface area contributed by atoms with Crippen molar-refractivity contribution < 1.29 is 9.90 Å². The molecule has 2 aromatic rings. The van der Waals surface area contributed by atoms with E-state index in [-0.39, 0.29) is 23.1 Å². The second kappa shape index (κ2) is 9.19. The highest BCUT2D eigenvalue weighted by Gasteiger charge is 2.46. The number of hydrogen-bond acceptors (Lipinski definition) is 3. The molecule has 0 spiro atoms. The number of phenolic OH excluding ortho intramolecular Hbond substituents is 1. The number of carbonyl (C=O) groups excluding carboxylic acids is 1. The van der Waals surface area contributed by atoms with E-state index in [9.17, 15) is 9.90 Å². The van der Waals surface area contributed by atoms with Gasteiger partial charge in [0.15, 0.2) is 0 Å². The summed E-state index contributed by atoms with van der Waals surface area (Å²) in [5, 5.41) is 13.4. The number of halogens is 1. The lowest BCUT2D eigenvalue weighted by Crippen LogP contribution is -2.57. The number of carbonyl (C=O) groups is 1. The van der Waals surface area contributed by atoms with Crippen LogP contribution in [0.4, 0.5) is 0 Å². The van der Waals surface area contributed by atoms with Crippen molar-refractivity contribution in [3.63, 3.8) is 0 Å². The number of aromatic hydroxyl groups is 1. The van der Waals surface area contributed by atoms with E-state index >= 15 is 0 Å². The zero-order valence-electron chi connectivity index (χ0n) is 17.2. The highest BCUT2D eigenvalue weighted by atomic mass is 35.5. The molecule has 5 heteroatoms. The van der Waals surface area contributed by atoms with E-state index in [0.717, 1.165) is 36.3 Å². The summed E-state index contributed by atoms with van der Waals surface area (Å²) in [5.74, 6) is 0.543. The molecule has 3 rings (SSSR count). The van der Waals surface area contributed by atoms with Gasteiger partial charge in [0.1, 0.15) is 5.75 Å². The zero-order valence-corrected chi connectivity index (χ0v) is 18.0. The highest BCUT2D eigenvalue weighted by Crippen LogP contribution is 2.48. The van der Waals surface area contributed by atoms with Gasteiger partial charge in [0.2, 0.25) is 5.91 Å². The van der Waals surface area contributed by atoms with Crippen molar-refractivity contribution in [3.05, 3.63) is 64.7 Å². The quantitative estimate of drug-likeness (QED) is 0.592. The molecule has 0 radical (unpaired) electrons. The van der Waals surface area contributed by atoms with Crippen molar-refractivity contribution in [3.8, 4) is 5.75 Å². The lowest BCUT2D eigenvalue weighted by molar-refractivity contribution is -0.124. The van der Waals surface area contributed by atoms with Crippen molar-refractivity contribution >= 4 is 17.5 Å². The predicted molar refractivity (Wildman–Crippen MR) is 118 cm³/mol. The lowest BCUT2D eigenvalue weighted by Gasteiger charge is -2.49. The summed E-state index contributed by atoms with van der Waals surface area (Å²) in [4.78, 5) is 13.0. The molecule has 1 aliphatic rings. The van der Waals surface area contributed by atoms with E-state index in [4.69, 9.17) is 17.3 Å². The number of nitrogens with one attached hydrogen (secondary N) is 1. The minimum absolute atomic E-state index is 0.0378. The number of phenols is 1. The number of amides is 1. The van der Waals surface area contributed by atoms with Crippen LogP contribution in [0.3, 0.4) is 0 Å². The van der Waals surface area contributed by atoms with Crippen LogP contribution in [0.2, 0.25) is 5.02 Å². The molecule has 0 heterocycles. The first-order valence-corrected chi connectivity index (χ1v) is 10.8. The normalized spacial score (nSPS) is 17.4. The Labute approximate surface area is 178 Å². The summed E-state index contributed by atoms with van der Waals surface area (Å²) in [6.07, 6.45) is 4.61.